The van der Waals surface area contributed by atoms with Crippen LogP contribution in [0.2, 0.25) is 0 Å². The van der Waals surface area contributed by atoms with Gasteiger partial charge in [0.2, 0.25) is 5.91 Å². The van der Waals surface area contributed by atoms with Crippen LogP contribution in [0.15, 0.2) is 41.1 Å². The Morgan fingerprint density at radius 2 is 1.85 bits per heavy atom. The number of amides is 1. The van der Waals surface area contributed by atoms with E-state index < -0.39 is 0 Å². The van der Waals surface area contributed by atoms with Gasteiger partial charge in [-0.15, -0.1) is 0 Å². The number of nitrogens with zero attached hydrogens (tertiary/aromatic N) is 2. The SMILES string of the molecule is O=C(C1CCCCN1Cc1ccc(-c2ccsc2)cc1)N1CCOCC1. The van der Waals surface area contributed by atoms with E-state index in [1.165, 1.54) is 23.1 Å². The van der Waals surface area contributed by atoms with Crippen molar-refractivity contribution in [2.24, 2.45) is 0 Å². The van der Waals surface area contributed by atoms with Crippen LogP contribution < -0.4 is 0 Å². The van der Waals surface area contributed by atoms with E-state index in [0.29, 0.717) is 19.1 Å². The summed E-state index contributed by atoms with van der Waals surface area (Å²) >= 11 is 1.72. The molecule has 5 heteroatoms. The van der Waals surface area contributed by atoms with Crippen LogP contribution in [0.3, 0.4) is 0 Å². The molecule has 3 heterocycles. The molecule has 2 saturated heterocycles. The second-order valence-corrected chi connectivity index (χ2v) is 7.91. The molecule has 1 unspecified atom stereocenters. The van der Waals surface area contributed by atoms with Crippen LogP contribution in [0.5, 0.6) is 0 Å². The fourth-order valence-corrected chi connectivity index (χ4v) is 4.59. The van der Waals surface area contributed by atoms with Crippen molar-refractivity contribution >= 4 is 17.2 Å². The maximum absolute atomic E-state index is 13.0. The predicted octanol–water partition coefficient (Wildman–Crippen LogP) is 3.63. The molecule has 1 amide bonds. The minimum absolute atomic E-state index is 0.0263. The van der Waals surface area contributed by atoms with E-state index >= 15 is 0 Å². The van der Waals surface area contributed by atoms with Gasteiger partial charge in [0.15, 0.2) is 0 Å². The average Bonchev–Trinajstić information content (AvgIpc) is 3.24. The second-order valence-electron chi connectivity index (χ2n) is 7.13. The fraction of sp³-hybridized carbons (Fsp3) is 0.476. The summed E-state index contributed by atoms with van der Waals surface area (Å²) in [7, 11) is 0. The molecular weight excluding hydrogens is 344 g/mol. The molecule has 2 aromatic rings. The Hall–Kier alpha value is -1.69. The van der Waals surface area contributed by atoms with Crippen molar-refractivity contribution in [3.8, 4) is 11.1 Å². The topological polar surface area (TPSA) is 32.8 Å². The van der Waals surface area contributed by atoms with Crippen molar-refractivity contribution in [1.82, 2.24) is 9.80 Å². The van der Waals surface area contributed by atoms with Crippen LogP contribution in [-0.4, -0.2) is 54.6 Å². The smallest absolute Gasteiger partial charge is 0.240 e. The third kappa shape index (κ3) is 4.00. The van der Waals surface area contributed by atoms with Crippen molar-refractivity contribution in [3.05, 3.63) is 46.7 Å². The zero-order valence-electron chi connectivity index (χ0n) is 15.1. The van der Waals surface area contributed by atoms with Crippen molar-refractivity contribution < 1.29 is 9.53 Å². The number of thiophene rings is 1. The highest BCUT2D eigenvalue weighted by molar-refractivity contribution is 7.08. The van der Waals surface area contributed by atoms with Gasteiger partial charge in [0.05, 0.1) is 19.3 Å². The number of hydrogen-bond acceptors (Lipinski definition) is 4. The highest BCUT2D eigenvalue weighted by Crippen LogP contribution is 2.25. The van der Waals surface area contributed by atoms with E-state index in [2.05, 4.69) is 46.0 Å². The van der Waals surface area contributed by atoms with Gasteiger partial charge in [-0.25, -0.2) is 0 Å². The molecule has 0 N–H and O–H groups in total. The molecule has 4 rings (SSSR count). The van der Waals surface area contributed by atoms with E-state index in [-0.39, 0.29) is 6.04 Å². The van der Waals surface area contributed by atoms with Crippen LogP contribution in [-0.2, 0) is 16.1 Å². The lowest BCUT2D eigenvalue weighted by Crippen LogP contribution is -2.53. The summed E-state index contributed by atoms with van der Waals surface area (Å²) in [5.74, 6) is 0.294. The lowest BCUT2D eigenvalue weighted by molar-refractivity contribution is -0.142. The first kappa shape index (κ1) is 17.7. The molecule has 0 saturated carbocycles. The van der Waals surface area contributed by atoms with Gasteiger partial charge in [0, 0.05) is 19.6 Å². The van der Waals surface area contributed by atoms with E-state index in [4.69, 9.17) is 4.74 Å². The number of morpholine rings is 1. The molecule has 1 aromatic heterocycles. The number of hydrogen-bond donors (Lipinski definition) is 0. The molecule has 138 valence electrons. The Balaban J connectivity index is 1.44. The molecule has 2 aliphatic heterocycles. The Kier molecular flexibility index (Phi) is 5.68. The minimum Gasteiger partial charge on any atom is -0.378 e. The number of carbonyl (C=O) groups is 1. The predicted molar refractivity (Wildman–Crippen MR) is 105 cm³/mol. The second kappa shape index (κ2) is 8.33. The van der Waals surface area contributed by atoms with Crippen LogP contribution in [0.1, 0.15) is 24.8 Å². The Morgan fingerprint density at radius 1 is 1.04 bits per heavy atom. The summed E-state index contributed by atoms with van der Waals surface area (Å²) in [5.41, 5.74) is 3.82. The molecule has 1 atom stereocenters. The third-order valence-corrected chi connectivity index (χ3v) is 6.10. The summed E-state index contributed by atoms with van der Waals surface area (Å²) in [6, 6.07) is 11.0. The largest absolute Gasteiger partial charge is 0.378 e. The van der Waals surface area contributed by atoms with E-state index in [9.17, 15) is 4.79 Å². The maximum Gasteiger partial charge on any atom is 0.240 e. The number of carbonyl (C=O) groups excluding carboxylic acids is 1. The van der Waals surface area contributed by atoms with E-state index in [1.807, 2.05) is 4.90 Å². The van der Waals surface area contributed by atoms with Gasteiger partial charge >= 0.3 is 0 Å². The van der Waals surface area contributed by atoms with Gasteiger partial charge in [-0.3, -0.25) is 9.69 Å². The molecule has 1 aromatic carbocycles. The molecule has 0 bridgehead atoms. The average molecular weight is 371 g/mol. The number of likely N-dealkylation sites (tertiary alicyclic amines) is 1. The highest BCUT2D eigenvalue weighted by atomic mass is 32.1. The first-order valence-corrected chi connectivity index (χ1v) is 10.5. The third-order valence-electron chi connectivity index (χ3n) is 5.42. The van der Waals surface area contributed by atoms with Gasteiger partial charge in [-0.1, -0.05) is 30.7 Å². The number of benzene rings is 1. The molecule has 26 heavy (non-hydrogen) atoms. The standard InChI is InChI=1S/C21H26N2O2S/c24-21(22-10-12-25-13-11-22)20-3-1-2-9-23(20)15-17-4-6-18(7-5-17)19-8-14-26-16-19/h4-8,14,16,20H,1-3,9-13,15H2. The van der Waals surface area contributed by atoms with Gasteiger partial charge in [0.25, 0.3) is 0 Å². The molecule has 0 radical (unpaired) electrons. The molecule has 4 nitrogen and oxygen atoms in total. The van der Waals surface area contributed by atoms with Crippen LogP contribution in [0, 0.1) is 0 Å². The lowest BCUT2D eigenvalue weighted by Gasteiger charge is -2.38. The number of ether oxygens (including phenoxy) is 1. The molecule has 2 fully saturated rings. The van der Waals surface area contributed by atoms with Gasteiger partial charge in [0.1, 0.15) is 0 Å². The molecule has 0 spiro atoms. The first-order chi connectivity index (χ1) is 12.8. The van der Waals surface area contributed by atoms with Crippen LogP contribution in [0.4, 0.5) is 0 Å². The zero-order valence-corrected chi connectivity index (χ0v) is 15.9. The minimum atomic E-state index is 0.0263. The Labute approximate surface area is 159 Å². The normalized spacial score (nSPS) is 21.7. The summed E-state index contributed by atoms with van der Waals surface area (Å²) in [4.78, 5) is 17.4. The summed E-state index contributed by atoms with van der Waals surface area (Å²) in [5, 5.41) is 4.29. The lowest BCUT2D eigenvalue weighted by atomic mass is 9.99. The summed E-state index contributed by atoms with van der Waals surface area (Å²) in [6.07, 6.45) is 3.30. The van der Waals surface area contributed by atoms with E-state index in [0.717, 1.165) is 39.0 Å². The molecular formula is C21H26N2O2S. The molecule has 0 aliphatic carbocycles. The quantitative estimate of drug-likeness (QED) is 0.824. The summed E-state index contributed by atoms with van der Waals surface area (Å²) < 4.78 is 5.39. The van der Waals surface area contributed by atoms with Crippen molar-refractivity contribution in [2.75, 3.05) is 32.8 Å². The molecule has 2 aliphatic rings. The summed E-state index contributed by atoms with van der Waals surface area (Å²) in [6.45, 7) is 4.67. The monoisotopic (exact) mass is 370 g/mol. The van der Waals surface area contributed by atoms with Crippen molar-refractivity contribution in [3.63, 3.8) is 0 Å². The fourth-order valence-electron chi connectivity index (χ4n) is 3.92. The van der Waals surface area contributed by atoms with Crippen LogP contribution in [0.25, 0.3) is 11.1 Å². The maximum atomic E-state index is 13.0. The van der Waals surface area contributed by atoms with Gasteiger partial charge < -0.3 is 9.64 Å². The highest BCUT2D eigenvalue weighted by Gasteiger charge is 2.32. The zero-order chi connectivity index (χ0) is 17.8. The van der Waals surface area contributed by atoms with E-state index in [1.54, 1.807) is 11.3 Å². The van der Waals surface area contributed by atoms with Gasteiger partial charge in [-0.2, -0.15) is 11.3 Å². The number of piperidine rings is 1. The van der Waals surface area contributed by atoms with Crippen LogP contribution >= 0.6 is 11.3 Å². The number of rotatable bonds is 4. The van der Waals surface area contributed by atoms with Crippen molar-refractivity contribution in [2.45, 2.75) is 31.8 Å². The van der Waals surface area contributed by atoms with Crippen molar-refractivity contribution in [1.29, 1.82) is 0 Å². The van der Waals surface area contributed by atoms with Gasteiger partial charge in [-0.05, 0) is 52.9 Å². The first-order valence-electron chi connectivity index (χ1n) is 9.53. The Bertz CT molecular complexity index is 708. The Morgan fingerprint density at radius 3 is 2.58 bits per heavy atom.